The molecule has 0 amide bonds. The summed E-state index contributed by atoms with van der Waals surface area (Å²) in [6, 6.07) is 0. The van der Waals surface area contributed by atoms with Crippen LogP contribution in [0.25, 0.3) is 0 Å². The molecular weight excluding hydrogens is 423 g/mol. The van der Waals surface area contributed by atoms with Gasteiger partial charge in [-0.25, -0.2) is 0 Å². The van der Waals surface area contributed by atoms with Gasteiger partial charge in [-0.05, 0) is 65.1 Å². The molecule has 148 valence electrons. The molecule has 2 aliphatic rings. The van der Waals surface area contributed by atoms with Crippen LogP contribution in [0.5, 0.6) is 0 Å². The SMILES string of the molecule is CCNC(=NCCCCCCCN(C)C)N1CC2CCCCC2C1.I. The molecule has 1 N–H and O–H groups in total. The van der Waals surface area contributed by atoms with Crippen molar-refractivity contribution in [3.8, 4) is 0 Å². The molecule has 1 heterocycles. The molecule has 0 spiro atoms. The predicted molar refractivity (Wildman–Crippen MR) is 120 cm³/mol. The van der Waals surface area contributed by atoms with E-state index in [1.807, 2.05) is 0 Å². The second-order valence-corrected chi connectivity index (χ2v) is 8.02. The molecule has 1 aliphatic heterocycles. The first-order chi connectivity index (χ1) is 11.7. The molecule has 0 aromatic rings. The number of nitrogens with zero attached hydrogens (tertiary/aromatic N) is 3. The maximum atomic E-state index is 4.92. The number of hydrogen-bond acceptors (Lipinski definition) is 2. The van der Waals surface area contributed by atoms with Crippen molar-refractivity contribution in [2.75, 3.05) is 46.8 Å². The van der Waals surface area contributed by atoms with Gasteiger partial charge in [0.05, 0.1) is 0 Å². The highest BCUT2D eigenvalue weighted by Gasteiger charge is 2.35. The Hall–Kier alpha value is -0.0400. The van der Waals surface area contributed by atoms with Crippen LogP contribution < -0.4 is 5.32 Å². The molecule has 2 unspecified atom stereocenters. The van der Waals surface area contributed by atoms with Gasteiger partial charge in [0, 0.05) is 26.2 Å². The average molecular weight is 464 g/mol. The van der Waals surface area contributed by atoms with Crippen LogP contribution in [-0.2, 0) is 0 Å². The van der Waals surface area contributed by atoms with Crippen molar-refractivity contribution >= 4 is 29.9 Å². The van der Waals surface area contributed by atoms with Gasteiger partial charge in [0.15, 0.2) is 5.96 Å². The zero-order chi connectivity index (χ0) is 17.2. The second kappa shape index (κ2) is 13.2. The topological polar surface area (TPSA) is 30.9 Å². The Kier molecular flexibility index (Phi) is 12.1. The molecule has 1 aliphatic carbocycles. The maximum absolute atomic E-state index is 4.92. The van der Waals surface area contributed by atoms with Crippen LogP contribution in [0.15, 0.2) is 4.99 Å². The molecule has 5 heteroatoms. The van der Waals surface area contributed by atoms with Crippen molar-refractivity contribution in [2.24, 2.45) is 16.8 Å². The smallest absolute Gasteiger partial charge is 0.193 e. The zero-order valence-electron chi connectivity index (χ0n) is 16.8. The molecule has 2 atom stereocenters. The van der Waals surface area contributed by atoms with Crippen LogP contribution in [-0.4, -0.2) is 62.6 Å². The molecule has 4 nitrogen and oxygen atoms in total. The van der Waals surface area contributed by atoms with Crippen LogP contribution in [0.1, 0.15) is 64.7 Å². The van der Waals surface area contributed by atoms with Crippen molar-refractivity contribution < 1.29 is 0 Å². The summed E-state index contributed by atoms with van der Waals surface area (Å²) in [5, 5.41) is 3.53. The van der Waals surface area contributed by atoms with Crippen molar-refractivity contribution in [3.05, 3.63) is 0 Å². The highest BCUT2D eigenvalue weighted by Crippen LogP contribution is 2.35. The van der Waals surface area contributed by atoms with E-state index in [1.165, 1.54) is 83.4 Å². The highest BCUT2D eigenvalue weighted by atomic mass is 127. The fourth-order valence-electron chi connectivity index (χ4n) is 4.26. The summed E-state index contributed by atoms with van der Waals surface area (Å²) in [4.78, 5) is 9.74. The summed E-state index contributed by atoms with van der Waals surface area (Å²) in [6.07, 6.45) is 12.4. The third kappa shape index (κ3) is 8.46. The normalized spacial score (nSPS) is 23.5. The minimum atomic E-state index is 0. The number of unbranched alkanes of at least 4 members (excludes halogenated alkanes) is 4. The Labute approximate surface area is 173 Å². The van der Waals surface area contributed by atoms with E-state index in [2.05, 4.69) is 36.1 Å². The first kappa shape index (κ1) is 23.0. The average Bonchev–Trinajstić information content (AvgIpc) is 2.99. The summed E-state index contributed by atoms with van der Waals surface area (Å²) in [5.74, 6) is 3.04. The number of aliphatic imine (C=N–C) groups is 1. The van der Waals surface area contributed by atoms with Gasteiger partial charge in [-0.1, -0.05) is 32.1 Å². The van der Waals surface area contributed by atoms with E-state index in [-0.39, 0.29) is 24.0 Å². The minimum absolute atomic E-state index is 0. The number of guanidine groups is 1. The lowest BCUT2D eigenvalue weighted by Crippen LogP contribution is -2.40. The van der Waals surface area contributed by atoms with Gasteiger partial charge >= 0.3 is 0 Å². The lowest BCUT2D eigenvalue weighted by Gasteiger charge is -2.22. The van der Waals surface area contributed by atoms with E-state index in [0.717, 1.165) is 24.9 Å². The Morgan fingerprint density at radius 2 is 1.60 bits per heavy atom. The monoisotopic (exact) mass is 464 g/mol. The third-order valence-electron chi connectivity index (χ3n) is 5.64. The minimum Gasteiger partial charge on any atom is -0.357 e. The van der Waals surface area contributed by atoms with E-state index in [0.29, 0.717) is 0 Å². The third-order valence-corrected chi connectivity index (χ3v) is 5.64. The van der Waals surface area contributed by atoms with Gasteiger partial charge in [-0.15, -0.1) is 24.0 Å². The van der Waals surface area contributed by atoms with Gasteiger partial charge < -0.3 is 15.1 Å². The van der Waals surface area contributed by atoms with Crippen LogP contribution >= 0.6 is 24.0 Å². The van der Waals surface area contributed by atoms with Crippen LogP contribution in [0, 0.1) is 11.8 Å². The lowest BCUT2D eigenvalue weighted by atomic mass is 9.82. The molecule has 25 heavy (non-hydrogen) atoms. The molecule has 2 fully saturated rings. The van der Waals surface area contributed by atoms with Crippen molar-refractivity contribution in [2.45, 2.75) is 64.7 Å². The number of nitrogens with one attached hydrogen (secondary N) is 1. The van der Waals surface area contributed by atoms with E-state index in [9.17, 15) is 0 Å². The number of hydrogen-bond donors (Lipinski definition) is 1. The lowest BCUT2D eigenvalue weighted by molar-refractivity contribution is 0.299. The van der Waals surface area contributed by atoms with E-state index >= 15 is 0 Å². The summed E-state index contributed by atoms with van der Waals surface area (Å²) < 4.78 is 0. The Morgan fingerprint density at radius 3 is 2.20 bits per heavy atom. The zero-order valence-corrected chi connectivity index (χ0v) is 19.1. The quantitative estimate of drug-likeness (QED) is 0.240. The predicted octanol–water partition coefficient (Wildman–Crippen LogP) is 4.20. The van der Waals surface area contributed by atoms with Gasteiger partial charge in [-0.2, -0.15) is 0 Å². The van der Waals surface area contributed by atoms with Gasteiger partial charge in [0.1, 0.15) is 0 Å². The van der Waals surface area contributed by atoms with Crippen LogP contribution in [0.2, 0.25) is 0 Å². The number of halogens is 1. The fourth-order valence-corrected chi connectivity index (χ4v) is 4.26. The molecule has 2 rings (SSSR count). The van der Waals surface area contributed by atoms with Gasteiger partial charge in [0.2, 0.25) is 0 Å². The molecule has 0 aromatic heterocycles. The summed E-state index contributed by atoms with van der Waals surface area (Å²) in [6.45, 7) is 7.85. The first-order valence-corrected chi connectivity index (χ1v) is 10.4. The molecule has 1 saturated heterocycles. The van der Waals surface area contributed by atoms with Gasteiger partial charge in [0.25, 0.3) is 0 Å². The Balaban J connectivity index is 0.00000312. The first-order valence-electron chi connectivity index (χ1n) is 10.4. The molecule has 1 saturated carbocycles. The van der Waals surface area contributed by atoms with Gasteiger partial charge in [-0.3, -0.25) is 4.99 Å². The maximum Gasteiger partial charge on any atom is 0.193 e. The standard InChI is InChI=1S/C20H40N4.HI/c1-4-21-20(22-14-10-6-5-7-11-15-23(2)3)24-16-18-12-8-9-13-19(18)17-24;/h18-19H,4-17H2,1-3H3,(H,21,22);1H. The number of likely N-dealkylation sites (tertiary alicyclic amines) is 1. The highest BCUT2D eigenvalue weighted by molar-refractivity contribution is 14.0. The van der Waals surface area contributed by atoms with E-state index in [4.69, 9.17) is 4.99 Å². The fraction of sp³-hybridized carbons (Fsp3) is 0.950. The Morgan fingerprint density at radius 1 is 1.00 bits per heavy atom. The molecular formula is C20H41IN4. The van der Waals surface area contributed by atoms with Crippen LogP contribution in [0.4, 0.5) is 0 Å². The van der Waals surface area contributed by atoms with Crippen molar-refractivity contribution in [1.82, 2.24) is 15.1 Å². The number of rotatable bonds is 9. The summed E-state index contributed by atoms with van der Waals surface area (Å²) >= 11 is 0. The summed E-state index contributed by atoms with van der Waals surface area (Å²) in [7, 11) is 4.32. The largest absolute Gasteiger partial charge is 0.357 e. The van der Waals surface area contributed by atoms with Crippen molar-refractivity contribution in [3.63, 3.8) is 0 Å². The Bertz CT molecular complexity index is 359. The summed E-state index contributed by atoms with van der Waals surface area (Å²) in [5.41, 5.74) is 0. The molecule has 0 aromatic carbocycles. The second-order valence-electron chi connectivity index (χ2n) is 8.02. The molecule has 0 radical (unpaired) electrons. The van der Waals surface area contributed by atoms with E-state index < -0.39 is 0 Å². The number of fused-ring (bicyclic) bond motifs is 1. The van der Waals surface area contributed by atoms with Crippen LogP contribution in [0.3, 0.4) is 0 Å². The van der Waals surface area contributed by atoms with E-state index in [1.54, 1.807) is 0 Å². The molecule has 0 bridgehead atoms. The van der Waals surface area contributed by atoms with Crippen molar-refractivity contribution in [1.29, 1.82) is 0 Å².